The van der Waals surface area contributed by atoms with Crippen LogP contribution in [0, 0.1) is 6.92 Å². The molecule has 7 heteroatoms. The highest BCUT2D eigenvalue weighted by Gasteiger charge is 2.14. The number of aromatic nitrogens is 2. The van der Waals surface area contributed by atoms with Gasteiger partial charge in [0.25, 0.3) is 5.91 Å². The van der Waals surface area contributed by atoms with Gasteiger partial charge in [-0.25, -0.2) is 9.97 Å². The van der Waals surface area contributed by atoms with Crippen molar-refractivity contribution in [3.63, 3.8) is 0 Å². The standard InChI is InChI=1S/C18H14Cl2N4O/c1-11-21-15(10-16(22-11)23-12-6-3-2-4-7-12)18(25)24-17-13(19)8-5-9-14(17)20/h2-10H,1H3,(H,24,25)(H,21,22,23). The zero-order valence-corrected chi connectivity index (χ0v) is 14.8. The third kappa shape index (κ3) is 4.26. The Morgan fingerprint density at radius 2 is 1.64 bits per heavy atom. The summed E-state index contributed by atoms with van der Waals surface area (Å²) in [5.74, 6) is 0.571. The molecule has 1 amide bonds. The summed E-state index contributed by atoms with van der Waals surface area (Å²) >= 11 is 12.2. The molecule has 1 aromatic heterocycles. The first-order valence-electron chi connectivity index (χ1n) is 7.46. The molecule has 0 bridgehead atoms. The van der Waals surface area contributed by atoms with Crippen LogP contribution in [-0.4, -0.2) is 15.9 Å². The molecule has 0 aliphatic rings. The van der Waals surface area contributed by atoms with Crippen LogP contribution < -0.4 is 10.6 Å². The summed E-state index contributed by atoms with van der Waals surface area (Å²) in [5.41, 5.74) is 1.42. The fraction of sp³-hybridized carbons (Fsp3) is 0.0556. The van der Waals surface area contributed by atoms with Gasteiger partial charge in [0.1, 0.15) is 17.3 Å². The molecule has 25 heavy (non-hydrogen) atoms. The van der Waals surface area contributed by atoms with Gasteiger partial charge in [-0.2, -0.15) is 0 Å². The first kappa shape index (κ1) is 17.2. The number of carbonyl (C=O) groups excluding carboxylic acids is 1. The summed E-state index contributed by atoms with van der Waals surface area (Å²) < 4.78 is 0. The van der Waals surface area contributed by atoms with Gasteiger partial charge in [0.15, 0.2) is 0 Å². The molecule has 0 atom stereocenters. The molecule has 1 heterocycles. The summed E-state index contributed by atoms with van der Waals surface area (Å²) in [5, 5.41) is 6.55. The summed E-state index contributed by atoms with van der Waals surface area (Å²) in [4.78, 5) is 21.0. The van der Waals surface area contributed by atoms with Crippen molar-refractivity contribution in [2.24, 2.45) is 0 Å². The maximum Gasteiger partial charge on any atom is 0.274 e. The highest BCUT2D eigenvalue weighted by molar-refractivity contribution is 6.40. The van der Waals surface area contributed by atoms with Crippen LogP contribution in [0.5, 0.6) is 0 Å². The number of hydrogen-bond donors (Lipinski definition) is 2. The van der Waals surface area contributed by atoms with E-state index in [1.54, 1.807) is 31.2 Å². The van der Waals surface area contributed by atoms with Gasteiger partial charge in [-0.1, -0.05) is 47.5 Å². The second kappa shape index (κ2) is 7.51. The van der Waals surface area contributed by atoms with Crippen molar-refractivity contribution in [2.45, 2.75) is 6.92 Å². The van der Waals surface area contributed by atoms with Gasteiger partial charge in [0, 0.05) is 11.8 Å². The molecule has 0 aliphatic carbocycles. The molecule has 2 aromatic carbocycles. The third-order valence-corrected chi connectivity index (χ3v) is 3.95. The van der Waals surface area contributed by atoms with Crippen LogP contribution in [-0.2, 0) is 0 Å². The number of carbonyl (C=O) groups is 1. The second-order valence-electron chi connectivity index (χ2n) is 5.23. The van der Waals surface area contributed by atoms with E-state index < -0.39 is 5.91 Å². The summed E-state index contributed by atoms with van der Waals surface area (Å²) in [6.45, 7) is 1.72. The van der Waals surface area contributed by atoms with Gasteiger partial charge in [-0.3, -0.25) is 4.79 Å². The van der Waals surface area contributed by atoms with Crippen LogP contribution in [0.2, 0.25) is 10.0 Å². The molecular formula is C18H14Cl2N4O. The third-order valence-electron chi connectivity index (χ3n) is 3.32. The molecule has 0 unspecified atom stereocenters. The van der Waals surface area contributed by atoms with E-state index in [2.05, 4.69) is 20.6 Å². The Morgan fingerprint density at radius 1 is 0.960 bits per heavy atom. The minimum absolute atomic E-state index is 0.210. The van der Waals surface area contributed by atoms with Crippen LogP contribution in [0.4, 0.5) is 17.2 Å². The Labute approximate surface area is 155 Å². The highest BCUT2D eigenvalue weighted by atomic mass is 35.5. The lowest BCUT2D eigenvalue weighted by atomic mass is 10.3. The van der Waals surface area contributed by atoms with E-state index in [4.69, 9.17) is 23.2 Å². The maximum atomic E-state index is 12.5. The van der Waals surface area contributed by atoms with Crippen LogP contribution in [0.1, 0.15) is 16.3 Å². The minimum Gasteiger partial charge on any atom is -0.340 e. The molecule has 0 saturated carbocycles. The molecule has 3 aromatic rings. The van der Waals surface area contributed by atoms with Crippen molar-refractivity contribution in [3.8, 4) is 0 Å². The molecule has 0 saturated heterocycles. The predicted octanol–water partition coefficient (Wildman–Crippen LogP) is 5.09. The molecule has 3 rings (SSSR count). The van der Waals surface area contributed by atoms with Crippen LogP contribution in [0.3, 0.4) is 0 Å². The quantitative estimate of drug-likeness (QED) is 0.669. The Hall–Kier alpha value is -2.63. The zero-order valence-electron chi connectivity index (χ0n) is 13.3. The van der Waals surface area contributed by atoms with Gasteiger partial charge < -0.3 is 10.6 Å². The lowest BCUT2D eigenvalue weighted by molar-refractivity contribution is 0.102. The maximum absolute atomic E-state index is 12.5. The molecule has 5 nitrogen and oxygen atoms in total. The Morgan fingerprint density at radius 3 is 2.32 bits per heavy atom. The van der Waals surface area contributed by atoms with E-state index in [0.717, 1.165) is 5.69 Å². The van der Waals surface area contributed by atoms with E-state index in [9.17, 15) is 4.79 Å². The van der Waals surface area contributed by atoms with Gasteiger partial charge in [0.05, 0.1) is 15.7 Å². The highest BCUT2D eigenvalue weighted by Crippen LogP contribution is 2.30. The monoisotopic (exact) mass is 372 g/mol. The van der Waals surface area contributed by atoms with Gasteiger partial charge in [0.2, 0.25) is 0 Å². The van der Waals surface area contributed by atoms with Crippen LogP contribution in [0.25, 0.3) is 0 Å². The van der Waals surface area contributed by atoms with Gasteiger partial charge in [-0.05, 0) is 31.2 Å². The first-order chi connectivity index (χ1) is 12.0. The molecule has 2 N–H and O–H groups in total. The van der Waals surface area contributed by atoms with Crippen molar-refractivity contribution in [3.05, 3.63) is 76.2 Å². The fourth-order valence-corrected chi connectivity index (χ4v) is 2.70. The minimum atomic E-state index is -0.420. The fourth-order valence-electron chi connectivity index (χ4n) is 2.21. The van der Waals surface area contributed by atoms with E-state index in [0.29, 0.717) is 27.4 Å². The predicted molar refractivity (Wildman–Crippen MR) is 101 cm³/mol. The number of para-hydroxylation sites is 2. The van der Waals surface area contributed by atoms with Gasteiger partial charge in [-0.15, -0.1) is 0 Å². The lowest BCUT2D eigenvalue weighted by Crippen LogP contribution is -2.16. The molecule has 0 fully saturated rings. The normalized spacial score (nSPS) is 10.4. The topological polar surface area (TPSA) is 66.9 Å². The van der Waals surface area contributed by atoms with E-state index in [1.807, 2.05) is 30.3 Å². The average Bonchev–Trinajstić information content (AvgIpc) is 2.58. The SMILES string of the molecule is Cc1nc(Nc2ccccc2)cc(C(=O)Nc2c(Cl)cccc2Cl)n1. The molecule has 0 aliphatic heterocycles. The van der Waals surface area contributed by atoms with Crippen molar-refractivity contribution in [1.82, 2.24) is 9.97 Å². The smallest absolute Gasteiger partial charge is 0.274 e. The number of nitrogens with one attached hydrogen (secondary N) is 2. The largest absolute Gasteiger partial charge is 0.340 e. The van der Waals surface area contributed by atoms with Gasteiger partial charge >= 0.3 is 0 Å². The van der Waals surface area contributed by atoms with Crippen molar-refractivity contribution in [2.75, 3.05) is 10.6 Å². The summed E-state index contributed by atoms with van der Waals surface area (Å²) in [6.07, 6.45) is 0. The Kier molecular flexibility index (Phi) is 5.16. The number of rotatable bonds is 4. The number of anilines is 3. The second-order valence-corrected chi connectivity index (χ2v) is 6.04. The summed E-state index contributed by atoms with van der Waals surface area (Å²) in [6, 6.07) is 16.1. The van der Waals surface area contributed by atoms with E-state index in [1.165, 1.54) is 0 Å². The molecule has 0 radical (unpaired) electrons. The number of hydrogen-bond acceptors (Lipinski definition) is 4. The Balaban J connectivity index is 1.85. The number of halogens is 2. The Bertz CT molecular complexity index is 896. The molecular weight excluding hydrogens is 359 g/mol. The zero-order chi connectivity index (χ0) is 17.8. The lowest BCUT2D eigenvalue weighted by Gasteiger charge is -2.11. The number of nitrogens with zero attached hydrogens (tertiary/aromatic N) is 2. The molecule has 0 spiro atoms. The van der Waals surface area contributed by atoms with Crippen molar-refractivity contribution in [1.29, 1.82) is 0 Å². The van der Waals surface area contributed by atoms with Crippen molar-refractivity contribution < 1.29 is 4.79 Å². The molecule has 126 valence electrons. The summed E-state index contributed by atoms with van der Waals surface area (Å²) in [7, 11) is 0. The number of amides is 1. The number of benzene rings is 2. The van der Waals surface area contributed by atoms with Crippen LogP contribution in [0.15, 0.2) is 54.6 Å². The number of aryl methyl sites for hydroxylation is 1. The van der Waals surface area contributed by atoms with Crippen molar-refractivity contribution >= 4 is 46.3 Å². The van der Waals surface area contributed by atoms with E-state index >= 15 is 0 Å². The van der Waals surface area contributed by atoms with E-state index in [-0.39, 0.29) is 5.69 Å². The van der Waals surface area contributed by atoms with Crippen LogP contribution >= 0.6 is 23.2 Å². The average molecular weight is 373 g/mol. The first-order valence-corrected chi connectivity index (χ1v) is 8.21.